The molecule has 0 aliphatic carbocycles. The van der Waals surface area contributed by atoms with Crippen molar-refractivity contribution in [1.29, 1.82) is 0 Å². The molecular weight excluding hydrogens is 228 g/mol. The third-order valence-electron chi connectivity index (χ3n) is 3.10. The molecule has 1 aliphatic heterocycles. The molecule has 1 aromatic heterocycles. The highest BCUT2D eigenvalue weighted by molar-refractivity contribution is 5.94. The predicted molar refractivity (Wildman–Crippen MR) is 71.9 cm³/mol. The Morgan fingerprint density at radius 2 is 2.11 bits per heavy atom. The van der Waals surface area contributed by atoms with Crippen LogP contribution in [0.3, 0.4) is 0 Å². The van der Waals surface area contributed by atoms with E-state index in [1.807, 2.05) is 19.2 Å². The first-order chi connectivity index (χ1) is 8.81. The second-order valence-electron chi connectivity index (χ2n) is 4.46. The lowest BCUT2D eigenvalue weighted by Crippen LogP contribution is -2.30. The number of aromatic nitrogens is 1. The third-order valence-corrected chi connectivity index (χ3v) is 3.10. The number of pyridine rings is 1. The number of likely N-dealkylation sites (N-methyl/N-ethyl adjacent to an activating group) is 1. The molecule has 0 unspecified atom stereocenters. The first kappa shape index (κ1) is 12.8. The molecule has 0 bridgehead atoms. The standard InChI is InChI=1S/C13H20N4O/c1-14-6-7-15-13(18)11-4-5-12(16-10-11)17-8-2-3-9-17/h4-5,10,14H,2-3,6-9H2,1H3,(H,15,18). The predicted octanol–water partition coefficient (Wildman–Crippen LogP) is 0.631. The average Bonchev–Trinajstić information content (AvgIpc) is 2.93. The van der Waals surface area contributed by atoms with E-state index in [9.17, 15) is 4.79 Å². The van der Waals surface area contributed by atoms with Crippen molar-refractivity contribution in [3.05, 3.63) is 23.9 Å². The fourth-order valence-corrected chi connectivity index (χ4v) is 2.06. The highest BCUT2D eigenvalue weighted by Crippen LogP contribution is 2.17. The van der Waals surface area contributed by atoms with Gasteiger partial charge in [0.15, 0.2) is 0 Å². The van der Waals surface area contributed by atoms with E-state index < -0.39 is 0 Å². The van der Waals surface area contributed by atoms with E-state index >= 15 is 0 Å². The molecule has 18 heavy (non-hydrogen) atoms. The van der Waals surface area contributed by atoms with E-state index in [1.165, 1.54) is 12.8 Å². The maximum absolute atomic E-state index is 11.8. The molecule has 1 fully saturated rings. The summed E-state index contributed by atoms with van der Waals surface area (Å²) in [5, 5.41) is 5.82. The second-order valence-corrected chi connectivity index (χ2v) is 4.46. The number of carbonyl (C=O) groups is 1. The van der Waals surface area contributed by atoms with E-state index in [4.69, 9.17) is 0 Å². The van der Waals surface area contributed by atoms with Gasteiger partial charge < -0.3 is 15.5 Å². The molecule has 0 saturated carbocycles. The van der Waals surface area contributed by atoms with E-state index in [1.54, 1.807) is 6.20 Å². The molecule has 5 nitrogen and oxygen atoms in total. The normalized spacial score (nSPS) is 14.8. The lowest BCUT2D eigenvalue weighted by Gasteiger charge is -2.16. The Hall–Kier alpha value is -1.62. The van der Waals surface area contributed by atoms with E-state index in [2.05, 4.69) is 20.5 Å². The molecule has 2 rings (SSSR count). The van der Waals surface area contributed by atoms with Crippen molar-refractivity contribution in [2.75, 3.05) is 38.1 Å². The van der Waals surface area contributed by atoms with Gasteiger partial charge in [0, 0.05) is 32.4 Å². The summed E-state index contributed by atoms with van der Waals surface area (Å²) >= 11 is 0. The molecule has 1 aromatic rings. The van der Waals surface area contributed by atoms with E-state index in [0.29, 0.717) is 12.1 Å². The van der Waals surface area contributed by atoms with Gasteiger partial charge in [0.25, 0.3) is 5.91 Å². The van der Waals surface area contributed by atoms with Crippen molar-refractivity contribution in [3.8, 4) is 0 Å². The fourth-order valence-electron chi connectivity index (χ4n) is 2.06. The minimum absolute atomic E-state index is 0.0641. The highest BCUT2D eigenvalue weighted by atomic mass is 16.1. The van der Waals surface area contributed by atoms with Crippen molar-refractivity contribution < 1.29 is 4.79 Å². The van der Waals surface area contributed by atoms with Crippen molar-refractivity contribution >= 4 is 11.7 Å². The summed E-state index contributed by atoms with van der Waals surface area (Å²) in [6, 6.07) is 3.77. The molecule has 1 amide bonds. The lowest BCUT2D eigenvalue weighted by molar-refractivity contribution is 0.0954. The second kappa shape index (κ2) is 6.35. The van der Waals surface area contributed by atoms with Crippen LogP contribution in [0, 0.1) is 0 Å². The highest BCUT2D eigenvalue weighted by Gasteiger charge is 2.13. The topological polar surface area (TPSA) is 57.3 Å². The van der Waals surface area contributed by atoms with Crippen LogP contribution in [0.5, 0.6) is 0 Å². The SMILES string of the molecule is CNCCNC(=O)c1ccc(N2CCCC2)nc1. The molecule has 5 heteroatoms. The maximum Gasteiger partial charge on any atom is 0.252 e. The molecular formula is C13H20N4O. The Morgan fingerprint density at radius 3 is 2.72 bits per heavy atom. The number of rotatable bonds is 5. The van der Waals surface area contributed by atoms with Crippen LogP contribution in [-0.4, -0.2) is 44.1 Å². The van der Waals surface area contributed by atoms with Crippen LogP contribution >= 0.6 is 0 Å². The summed E-state index contributed by atoms with van der Waals surface area (Å²) in [6.45, 7) is 3.54. The Bertz CT molecular complexity index is 384. The molecule has 1 aliphatic rings. The number of anilines is 1. The molecule has 1 saturated heterocycles. The van der Waals surface area contributed by atoms with Gasteiger partial charge in [-0.1, -0.05) is 0 Å². The van der Waals surface area contributed by atoms with Crippen LogP contribution in [0.1, 0.15) is 23.2 Å². The minimum Gasteiger partial charge on any atom is -0.357 e. The van der Waals surface area contributed by atoms with Crippen LogP contribution < -0.4 is 15.5 Å². The van der Waals surface area contributed by atoms with Crippen LogP contribution in [0.15, 0.2) is 18.3 Å². The quantitative estimate of drug-likeness (QED) is 0.751. The lowest BCUT2D eigenvalue weighted by atomic mass is 10.2. The molecule has 98 valence electrons. The zero-order valence-corrected chi connectivity index (χ0v) is 10.8. The molecule has 0 spiro atoms. The first-order valence-corrected chi connectivity index (χ1v) is 6.45. The summed E-state index contributed by atoms with van der Waals surface area (Å²) < 4.78 is 0. The van der Waals surface area contributed by atoms with Gasteiger partial charge in [-0.15, -0.1) is 0 Å². The largest absolute Gasteiger partial charge is 0.357 e. The van der Waals surface area contributed by atoms with Gasteiger partial charge in [0.05, 0.1) is 5.56 Å². The monoisotopic (exact) mass is 248 g/mol. The number of hydrogen-bond donors (Lipinski definition) is 2. The summed E-state index contributed by atoms with van der Waals surface area (Å²) in [5.74, 6) is 0.907. The molecule has 0 radical (unpaired) electrons. The van der Waals surface area contributed by atoms with Crippen LogP contribution in [0.2, 0.25) is 0 Å². The van der Waals surface area contributed by atoms with Gasteiger partial charge in [-0.25, -0.2) is 4.98 Å². The van der Waals surface area contributed by atoms with Crippen LogP contribution in [0.4, 0.5) is 5.82 Å². The fraction of sp³-hybridized carbons (Fsp3) is 0.538. The number of carbonyl (C=O) groups excluding carboxylic acids is 1. The zero-order chi connectivity index (χ0) is 12.8. The van der Waals surface area contributed by atoms with Crippen molar-refractivity contribution in [2.45, 2.75) is 12.8 Å². The van der Waals surface area contributed by atoms with Crippen LogP contribution in [-0.2, 0) is 0 Å². The number of nitrogens with zero attached hydrogens (tertiary/aromatic N) is 2. The molecule has 0 aromatic carbocycles. The van der Waals surface area contributed by atoms with Gasteiger partial charge >= 0.3 is 0 Å². The maximum atomic E-state index is 11.8. The molecule has 2 N–H and O–H groups in total. The minimum atomic E-state index is -0.0641. The molecule has 0 atom stereocenters. The van der Waals surface area contributed by atoms with Crippen LogP contribution in [0.25, 0.3) is 0 Å². The van der Waals surface area contributed by atoms with Gasteiger partial charge in [-0.05, 0) is 32.0 Å². The Labute approximate surface area is 108 Å². The molecule has 2 heterocycles. The summed E-state index contributed by atoms with van der Waals surface area (Å²) in [4.78, 5) is 18.4. The van der Waals surface area contributed by atoms with E-state index in [-0.39, 0.29) is 5.91 Å². The number of amides is 1. The Kier molecular flexibility index (Phi) is 4.52. The van der Waals surface area contributed by atoms with Gasteiger partial charge in [-0.2, -0.15) is 0 Å². The smallest absolute Gasteiger partial charge is 0.252 e. The summed E-state index contributed by atoms with van der Waals surface area (Å²) in [5.41, 5.74) is 0.619. The Balaban J connectivity index is 1.92. The van der Waals surface area contributed by atoms with Crippen molar-refractivity contribution in [3.63, 3.8) is 0 Å². The van der Waals surface area contributed by atoms with Gasteiger partial charge in [0.1, 0.15) is 5.82 Å². The zero-order valence-electron chi connectivity index (χ0n) is 10.8. The van der Waals surface area contributed by atoms with Crippen molar-refractivity contribution in [1.82, 2.24) is 15.6 Å². The van der Waals surface area contributed by atoms with Gasteiger partial charge in [-0.3, -0.25) is 4.79 Å². The average molecular weight is 248 g/mol. The first-order valence-electron chi connectivity index (χ1n) is 6.45. The summed E-state index contributed by atoms with van der Waals surface area (Å²) in [6.07, 6.45) is 4.12. The van der Waals surface area contributed by atoms with Crippen molar-refractivity contribution in [2.24, 2.45) is 0 Å². The third kappa shape index (κ3) is 3.20. The number of nitrogens with one attached hydrogen (secondary N) is 2. The summed E-state index contributed by atoms with van der Waals surface area (Å²) in [7, 11) is 1.86. The number of hydrogen-bond acceptors (Lipinski definition) is 4. The Morgan fingerprint density at radius 1 is 1.33 bits per heavy atom. The van der Waals surface area contributed by atoms with Gasteiger partial charge in [0.2, 0.25) is 0 Å². The van der Waals surface area contributed by atoms with E-state index in [0.717, 1.165) is 25.5 Å².